The van der Waals surface area contributed by atoms with Crippen molar-refractivity contribution in [2.75, 3.05) is 14.2 Å². The zero-order chi connectivity index (χ0) is 15.8. The van der Waals surface area contributed by atoms with Crippen LogP contribution < -0.4 is 9.47 Å². The van der Waals surface area contributed by atoms with E-state index >= 15 is 0 Å². The number of rotatable bonds is 5. The fourth-order valence-electron chi connectivity index (χ4n) is 1.85. The van der Waals surface area contributed by atoms with E-state index in [1.807, 2.05) is 25.1 Å². The number of carbonyl (C=O) groups excluding carboxylic acids is 1. The van der Waals surface area contributed by atoms with Crippen molar-refractivity contribution < 1.29 is 19.4 Å². The van der Waals surface area contributed by atoms with Crippen LogP contribution in [0.4, 0.5) is 0 Å². The van der Waals surface area contributed by atoms with Gasteiger partial charge in [0.2, 0.25) is 0 Å². The molecule has 1 heterocycles. The molecular formula is C16H20O4S. The van der Waals surface area contributed by atoms with Crippen molar-refractivity contribution in [3.05, 3.63) is 35.9 Å². The Morgan fingerprint density at radius 2 is 1.86 bits per heavy atom. The number of methoxy groups -OCH3 is 2. The van der Waals surface area contributed by atoms with Gasteiger partial charge in [0.25, 0.3) is 0 Å². The van der Waals surface area contributed by atoms with E-state index in [0.29, 0.717) is 17.9 Å². The zero-order valence-electron chi connectivity index (χ0n) is 12.5. The zero-order valence-corrected chi connectivity index (χ0v) is 13.3. The summed E-state index contributed by atoms with van der Waals surface area (Å²) in [6.07, 6.45) is 2.22. The van der Waals surface area contributed by atoms with Crippen LogP contribution in [-0.4, -0.2) is 25.1 Å². The van der Waals surface area contributed by atoms with Gasteiger partial charge in [-0.05, 0) is 23.9 Å². The van der Waals surface area contributed by atoms with Crippen LogP contribution in [-0.2, 0) is 0 Å². The van der Waals surface area contributed by atoms with Gasteiger partial charge in [0, 0.05) is 17.2 Å². The lowest BCUT2D eigenvalue weighted by atomic mass is 10.2. The highest BCUT2D eigenvalue weighted by Gasteiger charge is 2.12. The second kappa shape index (κ2) is 8.32. The van der Waals surface area contributed by atoms with Gasteiger partial charge < -0.3 is 14.6 Å². The van der Waals surface area contributed by atoms with Gasteiger partial charge >= 0.3 is 0 Å². The summed E-state index contributed by atoms with van der Waals surface area (Å²) in [5.41, 5.74) is 0. The lowest BCUT2D eigenvalue weighted by molar-refractivity contribution is 0.0985. The summed E-state index contributed by atoms with van der Waals surface area (Å²) in [5.74, 6) is 1.59. The molecule has 2 aromatic rings. The lowest BCUT2D eigenvalue weighted by Crippen LogP contribution is -1.93. The van der Waals surface area contributed by atoms with Crippen molar-refractivity contribution in [3.8, 4) is 11.5 Å². The van der Waals surface area contributed by atoms with Gasteiger partial charge in [-0.25, -0.2) is 0 Å². The van der Waals surface area contributed by atoms with Gasteiger partial charge in [0.1, 0.15) is 0 Å². The molecule has 21 heavy (non-hydrogen) atoms. The van der Waals surface area contributed by atoms with Crippen LogP contribution in [0.2, 0.25) is 0 Å². The molecule has 4 nitrogen and oxygen atoms in total. The van der Waals surface area contributed by atoms with Gasteiger partial charge in [-0.15, -0.1) is 11.3 Å². The van der Waals surface area contributed by atoms with E-state index in [1.165, 1.54) is 11.3 Å². The van der Waals surface area contributed by atoms with E-state index < -0.39 is 0 Å². The average molecular weight is 308 g/mol. The van der Waals surface area contributed by atoms with Gasteiger partial charge in [-0.1, -0.05) is 13.5 Å². The number of hydrogen-bond donors (Lipinski definition) is 1. The van der Waals surface area contributed by atoms with Crippen molar-refractivity contribution >= 4 is 27.2 Å². The van der Waals surface area contributed by atoms with Crippen LogP contribution in [0.15, 0.2) is 31.0 Å². The van der Waals surface area contributed by atoms with Crippen LogP contribution in [0, 0.1) is 0 Å². The van der Waals surface area contributed by atoms with Crippen LogP contribution in [0.3, 0.4) is 0 Å². The van der Waals surface area contributed by atoms with Crippen LogP contribution in [0.25, 0.3) is 10.1 Å². The Labute approximate surface area is 128 Å². The minimum absolute atomic E-state index is 0.205. The summed E-state index contributed by atoms with van der Waals surface area (Å²) in [7, 11) is 3.22. The number of benzene rings is 1. The third-order valence-electron chi connectivity index (χ3n) is 2.77. The Morgan fingerprint density at radius 3 is 2.38 bits per heavy atom. The standard InChI is InChI=1S/C14H16O3S.C2H4O/c1-4-5-10(15)14-7-9-6-11(16-2)12(17-3)8-13(9)18-14;1-2-3/h6-8H,4-5H2,1-3H3;2-3H,1H2. The molecule has 0 aliphatic rings. The molecule has 0 fully saturated rings. The molecular weight excluding hydrogens is 288 g/mol. The summed E-state index contributed by atoms with van der Waals surface area (Å²) < 4.78 is 11.6. The maximum atomic E-state index is 11.9. The van der Waals surface area contributed by atoms with E-state index in [2.05, 4.69) is 6.58 Å². The first-order chi connectivity index (χ1) is 10.1. The fourth-order valence-corrected chi connectivity index (χ4v) is 2.89. The Hall–Kier alpha value is -2.01. The summed E-state index contributed by atoms with van der Waals surface area (Å²) >= 11 is 1.51. The first-order valence-electron chi connectivity index (χ1n) is 6.55. The van der Waals surface area contributed by atoms with Crippen molar-refractivity contribution in [2.45, 2.75) is 19.8 Å². The van der Waals surface area contributed by atoms with Crippen LogP contribution in [0.1, 0.15) is 29.4 Å². The molecule has 0 aliphatic heterocycles. The highest BCUT2D eigenvalue weighted by atomic mass is 32.1. The summed E-state index contributed by atoms with van der Waals surface area (Å²) in [4.78, 5) is 12.7. The number of Topliss-reactive ketones (excluding diaryl/α,β-unsaturated/α-hetero) is 1. The van der Waals surface area contributed by atoms with E-state index in [-0.39, 0.29) is 5.78 Å². The molecule has 0 unspecified atom stereocenters. The molecule has 0 amide bonds. The molecule has 0 spiro atoms. The van der Waals surface area contributed by atoms with Gasteiger partial charge in [0.15, 0.2) is 17.3 Å². The second-order valence-electron chi connectivity index (χ2n) is 4.21. The summed E-state index contributed by atoms with van der Waals surface area (Å²) in [6.45, 7) is 4.93. The van der Waals surface area contributed by atoms with Gasteiger partial charge in [-0.3, -0.25) is 4.79 Å². The van der Waals surface area contributed by atoms with Crippen molar-refractivity contribution in [3.63, 3.8) is 0 Å². The number of ether oxygens (including phenoxy) is 2. The molecule has 0 saturated carbocycles. The minimum Gasteiger partial charge on any atom is -0.516 e. The maximum absolute atomic E-state index is 11.9. The Morgan fingerprint density at radius 1 is 1.29 bits per heavy atom. The van der Waals surface area contributed by atoms with Crippen molar-refractivity contribution in [2.24, 2.45) is 0 Å². The fraction of sp³-hybridized carbons (Fsp3) is 0.312. The number of ketones is 1. The smallest absolute Gasteiger partial charge is 0.172 e. The third-order valence-corrected chi connectivity index (χ3v) is 3.91. The third kappa shape index (κ3) is 4.23. The maximum Gasteiger partial charge on any atom is 0.172 e. The topological polar surface area (TPSA) is 55.8 Å². The molecule has 1 aromatic heterocycles. The number of hydrogen-bond acceptors (Lipinski definition) is 5. The SMILES string of the molecule is C=CO.CCCC(=O)c1cc2cc(OC)c(OC)cc2s1. The predicted octanol–water partition coefficient (Wildman–Crippen LogP) is 4.59. The molecule has 2 rings (SSSR count). The summed E-state index contributed by atoms with van der Waals surface area (Å²) in [5, 5.41) is 8.36. The monoisotopic (exact) mass is 308 g/mol. The molecule has 0 radical (unpaired) electrons. The molecule has 0 bridgehead atoms. The number of aliphatic hydroxyl groups excluding tert-OH is 1. The van der Waals surface area contributed by atoms with Crippen molar-refractivity contribution in [1.82, 2.24) is 0 Å². The Balaban J connectivity index is 0.000000677. The van der Waals surface area contributed by atoms with E-state index in [1.54, 1.807) is 14.2 Å². The number of thiophene rings is 1. The van der Waals surface area contributed by atoms with Gasteiger partial charge in [-0.2, -0.15) is 0 Å². The Kier molecular flexibility index (Phi) is 6.75. The second-order valence-corrected chi connectivity index (χ2v) is 5.30. The number of fused-ring (bicyclic) bond motifs is 1. The largest absolute Gasteiger partial charge is 0.516 e. The van der Waals surface area contributed by atoms with E-state index in [0.717, 1.165) is 27.6 Å². The Bertz CT molecular complexity index is 575. The predicted molar refractivity (Wildman–Crippen MR) is 87.0 cm³/mol. The highest BCUT2D eigenvalue weighted by Crippen LogP contribution is 2.36. The van der Waals surface area contributed by atoms with Crippen LogP contribution >= 0.6 is 11.3 Å². The molecule has 1 aromatic carbocycles. The normalized spacial score (nSPS) is 9.67. The number of carbonyl (C=O) groups is 1. The molecule has 0 atom stereocenters. The minimum atomic E-state index is 0.205. The average Bonchev–Trinajstić information content (AvgIpc) is 2.89. The quantitative estimate of drug-likeness (QED) is 0.648. The molecule has 5 heteroatoms. The highest BCUT2D eigenvalue weighted by molar-refractivity contribution is 7.20. The van der Waals surface area contributed by atoms with Gasteiger partial charge in [0.05, 0.1) is 25.4 Å². The molecule has 0 aliphatic carbocycles. The first kappa shape index (κ1) is 17.0. The van der Waals surface area contributed by atoms with E-state index in [9.17, 15) is 4.79 Å². The first-order valence-corrected chi connectivity index (χ1v) is 7.36. The summed E-state index contributed by atoms with van der Waals surface area (Å²) in [6, 6.07) is 5.76. The lowest BCUT2D eigenvalue weighted by Gasteiger charge is -2.06. The van der Waals surface area contributed by atoms with Crippen molar-refractivity contribution in [1.29, 1.82) is 0 Å². The van der Waals surface area contributed by atoms with Crippen LogP contribution in [0.5, 0.6) is 11.5 Å². The number of aliphatic hydroxyl groups is 1. The molecule has 1 N–H and O–H groups in total. The molecule has 0 saturated heterocycles. The van der Waals surface area contributed by atoms with E-state index in [4.69, 9.17) is 14.6 Å². The molecule has 114 valence electrons.